The van der Waals surface area contributed by atoms with E-state index >= 15 is 0 Å². The molecule has 0 bridgehead atoms. The topological polar surface area (TPSA) is 61.0 Å². The molecule has 0 radical (unpaired) electrons. The fourth-order valence-corrected chi connectivity index (χ4v) is 2.17. The standard InChI is InChI=1S/C14H16BrN3O/c1-19-13-5-4-10(15)9-11(13)12-6-8-17-14(18-12)3-2-7-16/h4-6,8-9H,2-3,7,16H2,1H3. The molecule has 2 N–H and O–H groups in total. The summed E-state index contributed by atoms with van der Waals surface area (Å²) in [5.41, 5.74) is 7.32. The molecule has 0 saturated heterocycles. The molecule has 2 rings (SSSR count). The van der Waals surface area contributed by atoms with Gasteiger partial charge >= 0.3 is 0 Å². The van der Waals surface area contributed by atoms with E-state index in [2.05, 4.69) is 25.9 Å². The largest absolute Gasteiger partial charge is 0.496 e. The Bertz CT molecular complexity index is 560. The van der Waals surface area contributed by atoms with Gasteiger partial charge < -0.3 is 10.5 Å². The Balaban J connectivity index is 2.38. The maximum atomic E-state index is 5.51. The molecule has 1 aromatic heterocycles. The van der Waals surface area contributed by atoms with E-state index < -0.39 is 0 Å². The second-order valence-electron chi connectivity index (χ2n) is 4.09. The second kappa shape index (κ2) is 6.63. The monoisotopic (exact) mass is 321 g/mol. The predicted octanol–water partition coefficient (Wildman–Crippen LogP) is 2.81. The van der Waals surface area contributed by atoms with Crippen LogP contribution in [0.2, 0.25) is 0 Å². The molecule has 100 valence electrons. The summed E-state index contributed by atoms with van der Waals surface area (Å²) in [6.07, 6.45) is 3.45. The summed E-state index contributed by atoms with van der Waals surface area (Å²) in [5, 5.41) is 0. The summed E-state index contributed by atoms with van der Waals surface area (Å²) in [7, 11) is 1.66. The number of benzene rings is 1. The van der Waals surface area contributed by atoms with Gasteiger partial charge in [-0.05, 0) is 37.2 Å². The van der Waals surface area contributed by atoms with Crippen molar-refractivity contribution in [2.75, 3.05) is 13.7 Å². The average Bonchev–Trinajstić information content (AvgIpc) is 2.45. The van der Waals surface area contributed by atoms with Crippen molar-refractivity contribution in [1.29, 1.82) is 0 Å². The van der Waals surface area contributed by atoms with Gasteiger partial charge in [0.2, 0.25) is 0 Å². The number of halogens is 1. The third-order valence-corrected chi connectivity index (χ3v) is 3.24. The number of aromatic nitrogens is 2. The van der Waals surface area contributed by atoms with Crippen LogP contribution in [0.3, 0.4) is 0 Å². The van der Waals surface area contributed by atoms with Crippen LogP contribution in [0.1, 0.15) is 12.2 Å². The zero-order chi connectivity index (χ0) is 13.7. The first-order valence-electron chi connectivity index (χ1n) is 6.10. The number of methoxy groups -OCH3 is 1. The van der Waals surface area contributed by atoms with Gasteiger partial charge in [-0.1, -0.05) is 15.9 Å². The third kappa shape index (κ3) is 3.52. The molecule has 0 aliphatic rings. The number of nitrogens with two attached hydrogens (primary N) is 1. The lowest BCUT2D eigenvalue weighted by Gasteiger charge is -2.09. The van der Waals surface area contributed by atoms with Gasteiger partial charge in [0.05, 0.1) is 12.8 Å². The summed E-state index contributed by atoms with van der Waals surface area (Å²) < 4.78 is 6.37. The van der Waals surface area contributed by atoms with Gasteiger partial charge in [0.15, 0.2) is 0 Å². The predicted molar refractivity (Wildman–Crippen MR) is 79.1 cm³/mol. The zero-order valence-corrected chi connectivity index (χ0v) is 12.4. The molecule has 0 fully saturated rings. The Morgan fingerprint density at radius 1 is 1.32 bits per heavy atom. The van der Waals surface area contributed by atoms with Crippen molar-refractivity contribution in [2.45, 2.75) is 12.8 Å². The van der Waals surface area contributed by atoms with Gasteiger partial charge in [-0.25, -0.2) is 9.97 Å². The molecular weight excluding hydrogens is 306 g/mol. The Hall–Kier alpha value is -1.46. The van der Waals surface area contributed by atoms with Crippen LogP contribution in [0.5, 0.6) is 5.75 Å². The Morgan fingerprint density at radius 3 is 2.89 bits per heavy atom. The lowest BCUT2D eigenvalue weighted by Crippen LogP contribution is -2.03. The van der Waals surface area contributed by atoms with Crippen molar-refractivity contribution in [3.63, 3.8) is 0 Å². The summed E-state index contributed by atoms with van der Waals surface area (Å²) in [6.45, 7) is 0.647. The highest BCUT2D eigenvalue weighted by Crippen LogP contribution is 2.31. The van der Waals surface area contributed by atoms with Gasteiger partial charge in [0.1, 0.15) is 11.6 Å². The van der Waals surface area contributed by atoms with Crippen LogP contribution in [-0.2, 0) is 6.42 Å². The molecule has 0 saturated carbocycles. The quantitative estimate of drug-likeness (QED) is 0.919. The van der Waals surface area contributed by atoms with E-state index in [1.54, 1.807) is 13.3 Å². The molecule has 0 spiro atoms. The van der Waals surface area contributed by atoms with E-state index in [-0.39, 0.29) is 0 Å². The van der Waals surface area contributed by atoms with Crippen LogP contribution < -0.4 is 10.5 Å². The fourth-order valence-electron chi connectivity index (χ4n) is 1.81. The highest BCUT2D eigenvalue weighted by Gasteiger charge is 2.09. The summed E-state index contributed by atoms with van der Waals surface area (Å²) >= 11 is 3.47. The van der Waals surface area contributed by atoms with E-state index in [0.29, 0.717) is 6.54 Å². The molecule has 0 aliphatic heterocycles. The maximum absolute atomic E-state index is 5.51. The molecule has 1 aromatic carbocycles. The SMILES string of the molecule is COc1ccc(Br)cc1-c1ccnc(CCCN)n1. The molecular formula is C14H16BrN3O. The molecule has 0 unspecified atom stereocenters. The number of nitrogens with zero attached hydrogens (tertiary/aromatic N) is 2. The second-order valence-corrected chi connectivity index (χ2v) is 5.01. The van der Waals surface area contributed by atoms with Gasteiger partial charge in [-0.3, -0.25) is 0 Å². The number of aryl methyl sites for hydroxylation is 1. The van der Waals surface area contributed by atoms with E-state index in [9.17, 15) is 0 Å². The Labute approximate surface area is 121 Å². The van der Waals surface area contributed by atoms with Crippen molar-refractivity contribution in [3.05, 3.63) is 40.8 Å². The fraction of sp³-hybridized carbons (Fsp3) is 0.286. The van der Waals surface area contributed by atoms with Crippen LogP contribution >= 0.6 is 15.9 Å². The molecule has 4 nitrogen and oxygen atoms in total. The summed E-state index contributed by atoms with van der Waals surface area (Å²) in [6, 6.07) is 7.74. The van der Waals surface area contributed by atoms with E-state index in [4.69, 9.17) is 10.5 Å². The van der Waals surface area contributed by atoms with Crippen LogP contribution in [-0.4, -0.2) is 23.6 Å². The van der Waals surface area contributed by atoms with Crippen LogP contribution in [0.25, 0.3) is 11.3 Å². The molecule has 5 heteroatoms. The summed E-state index contributed by atoms with van der Waals surface area (Å²) in [5.74, 6) is 1.61. The highest BCUT2D eigenvalue weighted by molar-refractivity contribution is 9.10. The van der Waals surface area contributed by atoms with Gasteiger partial charge in [0, 0.05) is 22.7 Å². The van der Waals surface area contributed by atoms with Crippen molar-refractivity contribution >= 4 is 15.9 Å². The number of hydrogen-bond donors (Lipinski definition) is 1. The molecule has 0 aliphatic carbocycles. The number of ether oxygens (including phenoxy) is 1. The van der Waals surface area contributed by atoms with Crippen molar-refractivity contribution in [2.24, 2.45) is 5.73 Å². The van der Waals surface area contributed by atoms with Crippen molar-refractivity contribution < 1.29 is 4.74 Å². The van der Waals surface area contributed by atoms with E-state index in [0.717, 1.165) is 40.1 Å². The van der Waals surface area contributed by atoms with Crippen LogP contribution in [0.4, 0.5) is 0 Å². The Kier molecular flexibility index (Phi) is 4.87. The van der Waals surface area contributed by atoms with E-state index in [1.807, 2.05) is 24.3 Å². The lowest BCUT2D eigenvalue weighted by atomic mass is 10.1. The molecule has 2 aromatic rings. The highest BCUT2D eigenvalue weighted by atomic mass is 79.9. The summed E-state index contributed by atoms with van der Waals surface area (Å²) in [4.78, 5) is 8.82. The first kappa shape index (κ1) is 14.0. The lowest BCUT2D eigenvalue weighted by molar-refractivity contribution is 0.416. The van der Waals surface area contributed by atoms with Crippen molar-refractivity contribution in [1.82, 2.24) is 9.97 Å². The van der Waals surface area contributed by atoms with Crippen LogP contribution in [0, 0.1) is 0 Å². The maximum Gasteiger partial charge on any atom is 0.129 e. The first-order chi connectivity index (χ1) is 9.24. The molecule has 0 amide bonds. The minimum absolute atomic E-state index is 0.647. The zero-order valence-electron chi connectivity index (χ0n) is 10.8. The van der Waals surface area contributed by atoms with Gasteiger partial charge in [0.25, 0.3) is 0 Å². The van der Waals surface area contributed by atoms with Gasteiger partial charge in [-0.15, -0.1) is 0 Å². The molecule has 1 heterocycles. The number of hydrogen-bond acceptors (Lipinski definition) is 4. The van der Waals surface area contributed by atoms with E-state index in [1.165, 1.54) is 0 Å². The van der Waals surface area contributed by atoms with Crippen molar-refractivity contribution in [3.8, 4) is 17.0 Å². The van der Waals surface area contributed by atoms with Gasteiger partial charge in [-0.2, -0.15) is 0 Å². The smallest absolute Gasteiger partial charge is 0.129 e. The normalized spacial score (nSPS) is 10.5. The minimum Gasteiger partial charge on any atom is -0.496 e. The number of rotatable bonds is 5. The minimum atomic E-state index is 0.647. The third-order valence-electron chi connectivity index (χ3n) is 2.75. The average molecular weight is 322 g/mol. The first-order valence-corrected chi connectivity index (χ1v) is 6.90. The van der Waals surface area contributed by atoms with Crippen LogP contribution in [0.15, 0.2) is 34.9 Å². The molecule has 0 atom stereocenters. The molecule has 19 heavy (non-hydrogen) atoms. The Morgan fingerprint density at radius 2 is 2.16 bits per heavy atom.